The third kappa shape index (κ3) is 6.49. The number of rotatable bonds is 8. The van der Waals surface area contributed by atoms with Crippen LogP contribution in [0.25, 0.3) is 6.08 Å². The van der Waals surface area contributed by atoms with Gasteiger partial charge in [0.1, 0.15) is 11.6 Å². The van der Waals surface area contributed by atoms with E-state index in [0.29, 0.717) is 12.1 Å². The van der Waals surface area contributed by atoms with Gasteiger partial charge in [-0.2, -0.15) is 5.26 Å². The zero-order valence-electron chi connectivity index (χ0n) is 17.8. The number of nitrogens with one attached hydrogen (secondary N) is 1. The average molecular weight is 405 g/mol. The molecule has 0 aromatic heterocycles. The van der Waals surface area contributed by atoms with Crippen molar-refractivity contribution in [2.45, 2.75) is 25.9 Å². The molecule has 0 saturated carbocycles. The largest absolute Gasteiger partial charge is 0.448 e. The molecule has 1 amide bonds. The van der Waals surface area contributed by atoms with Crippen LogP contribution in [-0.2, 0) is 14.3 Å². The second-order valence-corrected chi connectivity index (χ2v) is 7.26. The summed E-state index contributed by atoms with van der Waals surface area (Å²) < 4.78 is 5.19. The van der Waals surface area contributed by atoms with Gasteiger partial charge in [-0.15, -0.1) is 0 Å². The third-order valence-corrected chi connectivity index (χ3v) is 4.66. The molecule has 0 aliphatic heterocycles. The first-order valence-corrected chi connectivity index (χ1v) is 9.74. The predicted octanol–water partition coefficient (Wildman–Crippen LogP) is 3.51. The van der Waals surface area contributed by atoms with Crippen LogP contribution in [0.15, 0.2) is 60.2 Å². The van der Waals surface area contributed by atoms with Gasteiger partial charge in [0.2, 0.25) is 0 Å². The van der Waals surface area contributed by atoms with Crippen LogP contribution in [-0.4, -0.2) is 38.6 Å². The second kappa shape index (κ2) is 10.8. The van der Waals surface area contributed by atoms with E-state index in [1.807, 2.05) is 74.5 Å². The highest BCUT2D eigenvalue weighted by atomic mass is 16.5. The van der Waals surface area contributed by atoms with Crippen molar-refractivity contribution in [3.63, 3.8) is 0 Å². The molecule has 0 fully saturated rings. The molecule has 6 nitrogen and oxygen atoms in total. The summed E-state index contributed by atoms with van der Waals surface area (Å²) >= 11 is 0. The Morgan fingerprint density at radius 3 is 2.30 bits per heavy atom. The standard InChI is InChI=1S/C24H27N3O3/c1-17(20-8-6-5-7-9-20)16-26-23(28)18(2)30-24(29)21(15-25)14-19-10-12-22(13-11-19)27(3)4/h5-14,17-18H,16H2,1-4H3,(H,26,28)/b21-14+. The minimum Gasteiger partial charge on any atom is -0.448 e. The van der Waals surface area contributed by atoms with Crippen molar-refractivity contribution in [3.05, 3.63) is 71.3 Å². The summed E-state index contributed by atoms with van der Waals surface area (Å²) in [5, 5.41) is 12.1. The molecular formula is C24H27N3O3. The lowest BCUT2D eigenvalue weighted by molar-refractivity contribution is -0.150. The van der Waals surface area contributed by atoms with Gasteiger partial charge >= 0.3 is 5.97 Å². The van der Waals surface area contributed by atoms with Gasteiger partial charge in [0.25, 0.3) is 5.91 Å². The number of carbonyl (C=O) groups is 2. The van der Waals surface area contributed by atoms with Gasteiger partial charge in [-0.05, 0) is 42.2 Å². The number of hydrogen-bond acceptors (Lipinski definition) is 5. The van der Waals surface area contributed by atoms with Crippen LogP contribution >= 0.6 is 0 Å². The molecule has 0 heterocycles. The van der Waals surface area contributed by atoms with Gasteiger partial charge in [0.05, 0.1) is 0 Å². The first-order valence-electron chi connectivity index (χ1n) is 9.74. The Bertz CT molecular complexity index is 928. The van der Waals surface area contributed by atoms with E-state index in [1.54, 1.807) is 12.1 Å². The van der Waals surface area contributed by atoms with Crippen LogP contribution in [0.2, 0.25) is 0 Å². The smallest absolute Gasteiger partial charge is 0.349 e. The zero-order valence-corrected chi connectivity index (χ0v) is 17.8. The van der Waals surface area contributed by atoms with E-state index in [1.165, 1.54) is 13.0 Å². The fourth-order valence-corrected chi connectivity index (χ4v) is 2.75. The maximum atomic E-state index is 12.3. The number of amides is 1. The van der Waals surface area contributed by atoms with Gasteiger partial charge in [-0.3, -0.25) is 4.79 Å². The molecule has 0 bridgehead atoms. The summed E-state index contributed by atoms with van der Waals surface area (Å²) in [6.45, 7) is 3.91. The van der Waals surface area contributed by atoms with Crippen molar-refractivity contribution < 1.29 is 14.3 Å². The molecule has 0 aliphatic carbocycles. The van der Waals surface area contributed by atoms with E-state index >= 15 is 0 Å². The molecule has 2 unspecified atom stereocenters. The van der Waals surface area contributed by atoms with Crippen molar-refractivity contribution in [2.24, 2.45) is 0 Å². The van der Waals surface area contributed by atoms with E-state index < -0.39 is 18.0 Å². The van der Waals surface area contributed by atoms with E-state index in [0.717, 1.165) is 11.3 Å². The van der Waals surface area contributed by atoms with Crippen LogP contribution < -0.4 is 10.2 Å². The highest BCUT2D eigenvalue weighted by Crippen LogP contribution is 2.16. The number of benzene rings is 2. The van der Waals surface area contributed by atoms with E-state index in [9.17, 15) is 14.9 Å². The molecule has 30 heavy (non-hydrogen) atoms. The number of anilines is 1. The summed E-state index contributed by atoms with van der Waals surface area (Å²) in [5.41, 5.74) is 2.65. The predicted molar refractivity (Wildman–Crippen MR) is 118 cm³/mol. The van der Waals surface area contributed by atoms with Crippen LogP contribution in [0.3, 0.4) is 0 Å². The van der Waals surface area contributed by atoms with Crippen molar-refractivity contribution in [2.75, 3.05) is 25.5 Å². The molecule has 2 rings (SSSR count). The molecular weight excluding hydrogens is 378 g/mol. The molecule has 2 atom stereocenters. The van der Waals surface area contributed by atoms with Crippen molar-refractivity contribution >= 4 is 23.6 Å². The number of nitrogens with zero attached hydrogens (tertiary/aromatic N) is 2. The topological polar surface area (TPSA) is 82.4 Å². The lowest BCUT2D eigenvalue weighted by atomic mass is 10.0. The van der Waals surface area contributed by atoms with Gasteiger partial charge in [-0.25, -0.2) is 4.79 Å². The van der Waals surface area contributed by atoms with E-state index in [2.05, 4.69) is 5.32 Å². The highest BCUT2D eigenvalue weighted by Gasteiger charge is 2.21. The van der Waals surface area contributed by atoms with Crippen molar-refractivity contribution in [3.8, 4) is 6.07 Å². The third-order valence-electron chi connectivity index (χ3n) is 4.66. The molecule has 2 aromatic carbocycles. The Morgan fingerprint density at radius 2 is 1.73 bits per heavy atom. The maximum absolute atomic E-state index is 12.3. The van der Waals surface area contributed by atoms with Crippen molar-refractivity contribution in [1.29, 1.82) is 5.26 Å². The molecule has 1 N–H and O–H groups in total. The maximum Gasteiger partial charge on any atom is 0.349 e. The minimum absolute atomic E-state index is 0.123. The Labute approximate surface area is 177 Å². The SMILES string of the molecule is CC(OC(=O)/C(C#N)=C/c1ccc(N(C)C)cc1)C(=O)NCC(C)c1ccccc1. The molecule has 0 saturated heterocycles. The fourth-order valence-electron chi connectivity index (χ4n) is 2.75. The Morgan fingerprint density at radius 1 is 1.10 bits per heavy atom. The lowest BCUT2D eigenvalue weighted by Gasteiger charge is -2.16. The number of carbonyl (C=O) groups excluding carboxylic acids is 2. The fraction of sp³-hybridized carbons (Fsp3) is 0.292. The van der Waals surface area contributed by atoms with Gasteiger partial charge in [-0.1, -0.05) is 49.4 Å². The average Bonchev–Trinajstić information content (AvgIpc) is 2.76. The van der Waals surface area contributed by atoms with Gasteiger partial charge in [0.15, 0.2) is 6.10 Å². The van der Waals surface area contributed by atoms with E-state index in [4.69, 9.17) is 4.74 Å². The first-order chi connectivity index (χ1) is 14.3. The Hall–Kier alpha value is -3.59. The van der Waals surface area contributed by atoms with E-state index in [-0.39, 0.29) is 11.5 Å². The summed E-state index contributed by atoms with van der Waals surface area (Å²) in [7, 11) is 3.85. The summed E-state index contributed by atoms with van der Waals surface area (Å²) in [5.74, 6) is -1.11. The Kier molecular flexibility index (Phi) is 8.18. The molecule has 0 radical (unpaired) electrons. The molecule has 0 spiro atoms. The quantitative estimate of drug-likeness (QED) is 0.413. The zero-order chi connectivity index (χ0) is 22.1. The van der Waals surface area contributed by atoms with Crippen LogP contribution in [0.1, 0.15) is 30.9 Å². The number of hydrogen-bond donors (Lipinski definition) is 1. The van der Waals surface area contributed by atoms with Gasteiger partial charge < -0.3 is 15.0 Å². The van der Waals surface area contributed by atoms with Crippen LogP contribution in [0, 0.1) is 11.3 Å². The molecule has 0 aliphatic rings. The first kappa shape index (κ1) is 22.7. The van der Waals surface area contributed by atoms with Crippen LogP contribution in [0.4, 0.5) is 5.69 Å². The lowest BCUT2D eigenvalue weighted by Crippen LogP contribution is -2.37. The number of ether oxygens (including phenoxy) is 1. The summed E-state index contributed by atoms with van der Waals surface area (Å²) in [6.07, 6.45) is 0.442. The van der Waals surface area contributed by atoms with Crippen LogP contribution in [0.5, 0.6) is 0 Å². The molecule has 156 valence electrons. The molecule has 6 heteroatoms. The minimum atomic E-state index is -1.01. The second-order valence-electron chi connectivity index (χ2n) is 7.26. The Balaban J connectivity index is 1.93. The van der Waals surface area contributed by atoms with Gasteiger partial charge in [0, 0.05) is 26.3 Å². The monoisotopic (exact) mass is 405 g/mol. The molecule has 2 aromatic rings. The summed E-state index contributed by atoms with van der Waals surface area (Å²) in [6, 6.07) is 19.1. The van der Waals surface area contributed by atoms with Crippen molar-refractivity contribution in [1.82, 2.24) is 5.32 Å². The summed E-state index contributed by atoms with van der Waals surface area (Å²) in [4.78, 5) is 26.6. The highest BCUT2D eigenvalue weighted by molar-refractivity contribution is 5.99. The normalized spacial score (nSPS) is 13.0. The number of esters is 1. The number of nitriles is 1.